The summed E-state index contributed by atoms with van der Waals surface area (Å²) in [7, 11) is 0. The second kappa shape index (κ2) is 6.27. The second-order valence-electron chi connectivity index (χ2n) is 5.03. The van der Waals surface area contributed by atoms with Gasteiger partial charge in [-0.1, -0.05) is 12.1 Å². The molecule has 0 aliphatic carbocycles. The van der Waals surface area contributed by atoms with Crippen molar-refractivity contribution in [1.82, 2.24) is 0 Å². The largest absolute Gasteiger partial charge is 0.586 e. The van der Waals surface area contributed by atoms with Crippen LogP contribution in [0.15, 0.2) is 42.5 Å². The van der Waals surface area contributed by atoms with Crippen LogP contribution in [0, 0.1) is 0 Å². The average Bonchev–Trinajstić information content (AvgIpc) is 2.86. The van der Waals surface area contributed by atoms with Gasteiger partial charge in [-0.25, -0.2) is 0 Å². The van der Waals surface area contributed by atoms with Gasteiger partial charge in [0, 0.05) is 11.8 Å². The van der Waals surface area contributed by atoms with Gasteiger partial charge in [-0.3, -0.25) is 9.59 Å². The molecule has 0 unspecified atom stereocenters. The highest BCUT2D eigenvalue weighted by atomic mass is 19.3. The van der Waals surface area contributed by atoms with Gasteiger partial charge in [0.15, 0.2) is 18.1 Å². The molecule has 130 valence electrons. The summed E-state index contributed by atoms with van der Waals surface area (Å²) < 4.78 is 39.8. The van der Waals surface area contributed by atoms with E-state index in [9.17, 15) is 18.4 Å². The third kappa shape index (κ3) is 3.77. The van der Waals surface area contributed by atoms with Gasteiger partial charge in [-0.2, -0.15) is 0 Å². The van der Waals surface area contributed by atoms with E-state index in [1.54, 1.807) is 12.1 Å². The lowest BCUT2D eigenvalue weighted by molar-refractivity contribution is -0.286. The molecule has 1 heterocycles. The van der Waals surface area contributed by atoms with Crippen LogP contribution < -0.4 is 25.3 Å². The van der Waals surface area contributed by atoms with Gasteiger partial charge in [0.05, 0.1) is 5.56 Å². The van der Waals surface area contributed by atoms with Crippen LogP contribution >= 0.6 is 0 Å². The van der Waals surface area contributed by atoms with Crippen molar-refractivity contribution in [2.75, 3.05) is 11.9 Å². The predicted molar refractivity (Wildman–Crippen MR) is 81.7 cm³/mol. The lowest BCUT2D eigenvalue weighted by atomic mass is 10.2. The standard InChI is InChI=1S/C16H12F2N2O5/c17-16(18)24-12-6-5-9(7-13(12)25-16)20-15(22)10-3-1-2-4-11(10)23-8-14(19)21/h1-7H,8H2,(H2,19,21)(H,20,22). The summed E-state index contributed by atoms with van der Waals surface area (Å²) in [6.07, 6.45) is -3.74. The van der Waals surface area contributed by atoms with E-state index in [1.807, 2.05) is 0 Å². The second-order valence-corrected chi connectivity index (χ2v) is 5.03. The Labute approximate surface area is 140 Å². The molecular formula is C16H12F2N2O5. The summed E-state index contributed by atoms with van der Waals surface area (Å²) in [5.74, 6) is -1.42. The number of para-hydroxylation sites is 1. The van der Waals surface area contributed by atoms with Crippen molar-refractivity contribution in [3.63, 3.8) is 0 Å². The van der Waals surface area contributed by atoms with Crippen molar-refractivity contribution in [1.29, 1.82) is 0 Å². The number of rotatable bonds is 5. The van der Waals surface area contributed by atoms with Crippen LogP contribution in [0.3, 0.4) is 0 Å². The summed E-state index contributed by atoms with van der Waals surface area (Å²) in [6, 6.07) is 10.0. The Morgan fingerprint density at radius 3 is 2.60 bits per heavy atom. The molecule has 0 atom stereocenters. The third-order valence-corrected chi connectivity index (χ3v) is 3.16. The zero-order valence-electron chi connectivity index (χ0n) is 12.6. The van der Waals surface area contributed by atoms with Gasteiger partial charge >= 0.3 is 6.29 Å². The predicted octanol–water partition coefficient (Wildman–Crippen LogP) is 2.12. The maximum Gasteiger partial charge on any atom is 0.586 e. The fourth-order valence-electron chi connectivity index (χ4n) is 2.15. The van der Waals surface area contributed by atoms with Crippen molar-refractivity contribution in [2.24, 2.45) is 5.73 Å². The molecule has 1 aliphatic rings. The molecule has 0 radical (unpaired) electrons. The molecule has 3 N–H and O–H groups in total. The number of halogens is 2. The quantitative estimate of drug-likeness (QED) is 0.860. The average molecular weight is 350 g/mol. The lowest BCUT2D eigenvalue weighted by Gasteiger charge is -2.11. The first-order chi connectivity index (χ1) is 11.8. The Kier molecular flexibility index (Phi) is 4.14. The van der Waals surface area contributed by atoms with Crippen molar-refractivity contribution < 1.29 is 32.6 Å². The van der Waals surface area contributed by atoms with E-state index in [2.05, 4.69) is 14.8 Å². The zero-order valence-corrected chi connectivity index (χ0v) is 12.6. The van der Waals surface area contributed by atoms with Crippen molar-refractivity contribution >= 4 is 17.5 Å². The van der Waals surface area contributed by atoms with Crippen LogP contribution in [0.1, 0.15) is 10.4 Å². The van der Waals surface area contributed by atoms with E-state index in [0.29, 0.717) is 0 Å². The van der Waals surface area contributed by atoms with Gasteiger partial charge in [-0.05, 0) is 24.3 Å². The molecule has 0 saturated carbocycles. The minimum Gasteiger partial charge on any atom is -0.483 e. The molecule has 2 amide bonds. The normalized spacial score (nSPS) is 14.0. The monoisotopic (exact) mass is 350 g/mol. The van der Waals surface area contributed by atoms with Gasteiger partial charge < -0.3 is 25.3 Å². The molecule has 0 fully saturated rings. The SMILES string of the molecule is NC(=O)COc1ccccc1C(=O)Nc1ccc2c(c1)OC(F)(F)O2. The third-order valence-electron chi connectivity index (χ3n) is 3.16. The molecule has 3 rings (SSSR count). The highest BCUT2D eigenvalue weighted by Gasteiger charge is 2.43. The Balaban J connectivity index is 1.77. The van der Waals surface area contributed by atoms with E-state index in [4.69, 9.17) is 10.5 Å². The van der Waals surface area contributed by atoms with Gasteiger partial charge in [-0.15, -0.1) is 8.78 Å². The van der Waals surface area contributed by atoms with E-state index in [0.717, 1.165) is 0 Å². The first-order valence-electron chi connectivity index (χ1n) is 7.05. The number of benzene rings is 2. The maximum atomic E-state index is 13.0. The highest BCUT2D eigenvalue weighted by molar-refractivity contribution is 6.06. The lowest BCUT2D eigenvalue weighted by Crippen LogP contribution is -2.25. The molecular weight excluding hydrogens is 338 g/mol. The molecule has 1 aliphatic heterocycles. The molecule has 2 aromatic carbocycles. The summed E-state index contributed by atoms with van der Waals surface area (Å²) in [6.45, 7) is -0.386. The molecule has 0 aromatic heterocycles. The number of anilines is 1. The number of hydrogen-bond acceptors (Lipinski definition) is 5. The fourth-order valence-corrected chi connectivity index (χ4v) is 2.15. The summed E-state index contributed by atoms with van der Waals surface area (Å²) in [5.41, 5.74) is 5.38. The van der Waals surface area contributed by atoms with Crippen molar-refractivity contribution in [3.8, 4) is 17.2 Å². The molecule has 0 saturated heterocycles. The number of fused-ring (bicyclic) bond motifs is 1. The Bertz CT molecular complexity index is 841. The van der Waals surface area contributed by atoms with Gasteiger partial charge in [0.25, 0.3) is 11.8 Å². The molecule has 25 heavy (non-hydrogen) atoms. The maximum absolute atomic E-state index is 13.0. The molecule has 7 nitrogen and oxygen atoms in total. The number of amides is 2. The van der Waals surface area contributed by atoms with Crippen LogP contribution in [-0.2, 0) is 4.79 Å². The Morgan fingerprint density at radius 1 is 1.12 bits per heavy atom. The van der Waals surface area contributed by atoms with Crippen molar-refractivity contribution in [3.05, 3.63) is 48.0 Å². The van der Waals surface area contributed by atoms with Gasteiger partial charge in [0.2, 0.25) is 0 Å². The molecule has 9 heteroatoms. The van der Waals surface area contributed by atoms with E-state index < -0.39 is 18.1 Å². The number of nitrogens with one attached hydrogen (secondary N) is 1. The van der Waals surface area contributed by atoms with Crippen LogP contribution in [-0.4, -0.2) is 24.7 Å². The Hall–Kier alpha value is -3.36. The number of hydrogen-bond donors (Lipinski definition) is 2. The number of ether oxygens (including phenoxy) is 3. The van der Waals surface area contributed by atoms with E-state index >= 15 is 0 Å². The highest BCUT2D eigenvalue weighted by Crippen LogP contribution is 2.42. The van der Waals surface area contributed by atoms with Crippen molar-refractivity contribution in [2.45, 2.75) is 6.29 Å². The first-order valence-corrected chi connectivity index (χ1v) is 7.05. The number of primary amides is 1. The van der Waals surface area contributed by atoms with Crippen LogP contribution in [0.4, 0.5) is 14.5 Å². The zero-order chi connectivity index (χ0) is 18.0. The number of carbonyl (C=O) groups is 2. The minimum atomic E-state index is -3.74. The molecule has 0 bridgehead atoms. The fraction of sp³-hybridized carbons (Fsp3) is 0.125. The van der Waals surface area contributed by atoms with Crippen LogP contribution in [0.5, 0.6) is 17.2 Å². The minimum absolute atomic E-state index is 0.131. The van der Waals surface area contributed by atoms with Gasteiger partial charge in [0.1, 0.15) is 5.75 Å². The summed E-state index contributed by atoms with van der Waals surface area (Å²) in [4.78, 5) is 23.2. The first kappa shape index (κ1) is 16.5. The molecule has 0 spiro atoms. The van der Waals surface area contributed by atoms with E-state index in [-0.39, 0.29) is 35.1 Å². The van der Waals surface area contributed by atoms with Crippen LogP contribution in [0.2, 0.25) is 0 Å². The van der Waals surface area contributed by atoms with E-state index in [1.165, 1.54) is 30.3 Å². The Morgan fingerprint density at radius 2 is 1.84 bits per heavy atom. The van der Waals surface area contributed by atoms with Crippen LogP contribution in [0.25, 0.3) is 0 Å². The number of nitrogens with two attached hydrogens (primary N) is 1. The smallest absolute Gasteiger partial charge is 0.483 e. The summed E-state index contributed by atoms with van der Waals surface area (Å²) >= 11 is 0. The number of alkyl halides is 2. The summed E-state index contributed by atoms with van der Waals surface area (Å²) in [5, 5.41) is 2.53. The topological polar surface area (TPSA) is 99.9 Å². The molecule has 2 aromatic rings. The number of carbonyl (C=O) groups excluding carboxylic acids is 2.